The molecule has 6 nitrogen and oxygen atoms in total. The van der Waals surface area contributed by atoms with Crippen molar-refractivity contribution >= 4 is 5.82 Å². The number of aromatic nitrogens is 3. The molecule has 6 heteroatoms. The molecular formula is C22H25N5O. The summed E-state index contributed by atoms with van der Waals surface area (Å²) in [5.74, 6) is 0.802. The first-order chi connectivity index (χ1) is 13.7. The summed E-state index contributed by atoms with van der Waals surface area (Å²) in [6, 6.07) is 6.33. The van der Waals surface area contributed by atoms with Crippen LogP contribution in [-0.4, -0.2) is 27.4 Å². The summed E-state index contributed by atoms with van der Waals surface area (Å²) in [5.41, 5.74) is 5.24. The van der Waals surface area contributed by atoms with Crippen LogP contribution in [0.25, 0.3) is 0 Å². The molecule has 2 aromatic heterocycles. The Morgan fingerprint density at radius 2 is 1.82 bits per heavy atom. The van der Waals surface area contributed by atoms with Crippen molar-refractivity contribution in [3.63, 3.8) is 0 Å². The third-order valence-electron chi connectivity index (χ3n) is 6.46. The Morgan fingerprint density at radius 3 is 2.71 bits per heavy atom. The van der Waals surface area contributed by atoms with E-state index in [1.54, 1.807) is 10.7 Å². The summed E-state index contributed by atoms with van der Waals surface area (Å²) in [7, 11) is 0. The van der Waals surface area contributed by atoms with E-state index in [0.29, 0.717) is 12.1 Å². The van der Waals surface area contributed by atoms with Gasteiger partial charge in [0.05, 0.1) is 23.8 Å². The lowest BCUT2D eigenvalue weighted by atomic mass is 9.97. The maximum atomic E-state index is 12.6. The molecule has 0 saturated carbocycles. The highest BCUT2D eigenvalue weighted by Crippen LogP contribution is 2.31. The van der Waals surface area contributed by atoms with Crippen LogP contribution in [0.15, 0.2) is 16.9 Å². The highest BCUT2D eigenvalue weighted by Gasteiger charge is 2.30. The molecule has 0 bridgehead atoms. The van der Waals surface area contributed by atoms with Gasteiger partial charge in [0, 0.05) is 18.3 Å². The van der Waals surface area contributed by atoms with Gasteiger partial charge in [0.2, 0.25) is 0 Å². The smallest absolute Gasteiger partial charge is 0.267 e. The van der Waals surface area contributed by atoms with Crippen LogP contribution in [0.5, 0.6) is 0 Å². The Morgan fingerprint density at radius 1 is 1.04 bits per heavy atom. The van der Waals surface area contributed by atoms with Gasteiger partial charge in [-0.2, -0.15) is 10.4 Å². The normalized spacial score (nSPS) is 20.7. The van der Waals surface area contributed by atoms with E-state index in [-0.39, 0.29) is 11.6 Å². The number of pyridine rings is 1. The molecule has 1 fully saturated rings. The number of hydrogen-bond acceptors (Lipinski definition) is 5. The minimum absolute atomic E-state index is 0.00470. The van der Waals surface area contributed by atoms with Crippen LogP contribution in [0, 0.1) is 11.3 Å². The van der Waals surface area contributed by atoms with E-state index >= 15 is 0 Å². The average Bonchev–Trinajstić information content (AvgIpc) is 3.36. The highest BCUT2D eigenvalue weighted by atomic mass is 16.1. The topological polar surface area (TPSA) is 74.8 Å². The zero-order chi connectivity index (χ0) is 19.1. The Hall–Kier alpha value is -2.68. The van der Waals surface area contributed by atoms with Gasteiger partial charge in [-0.05, 0) is 75.0 Å². The van der Waals surface area contributed by atoms with Gasteiger partial charge in [-0.1, -0.05) is 0 Å². The molecule has 1 unspecified atom stereocenters. The third kappa shape index (κ3) is 2.99. The van der Waals surface area contributed by atoms with Gasteiger partial charge in [0.1, 0.15) is 11.9 Å². The van der Waals surface area contributed by atoms with Gasteiger partial charge in [0.15, 0.2) is 0 Å². The zero-order valence-electron chi connectivity index (χ0n) is 16.2. The summed E-state index contributed by atoms with van der Waals surface area (Å²) < 4.78 is 1.65. The van der Waals surface area contributed by atoms with Crippen LogP contribution in [-0.2, 0) is 32.2 Å². The first-order valence-electron chi connectivity index (χ1n) is 10.5. The van der Waals surface area contributed by atoms with Crippen molar-refractivity contribution in [2.45, 2.75) is 70.4 Å². The Bertz CT molecular complexity index is 1020. The van der Waals surface area contributed by atoms with Crippen LogP contribution in [0.3, 0.4) is 0 Å². The molecule has 0 spiro atoms. The first-order valence-corrected chi connectivity index (χ1v) is 10.5. The van der Waals surface area contributed by atoms with E-state index in [9.17, 15) is 10.1 Å². The minimum Gasteiger partial charge on any atom is -0.351 e. The third-order valence-corrected chi connectivity index (χ3v) is 6.46. The van der Waals surface area contributed by atoms with E-state index in [1.807, 2.05) is 6.07 Å². The maximum absolute atomic E-state index is 12.6. The van der Waals surface area contributed by atoms with Crippen molar-refractivity contribution in [3.05, 3.63) is 50.6 Å². The van der Waals surface area contributed by atoms with Crippen LogP contribution in [0.2, 0.25) is 0 Å². The lowest BCUT2D eigenvalue weighted by Crippen LogP contribution is -2.38. The Labute approximate surface area is 164 Å². The molecule has 2 aromatic rings. The van der Waals surface area contributed by atoms with Gasteiger partial charge in [-0.3, -0.25) is 4.79 Å². The summed E-state index contributed by atoms with van der Waals surface area (Å²) in [4.78, 5) is 19.7. The molecule has 1 saturated heterocycles. The second-order valence-electron chi connectivity index (χ2n) is 8.26. The van der Waals surface area contributed by atoms with Gasteiger partial charge in [-0.15, -0.1) is 0 Å². The molecule has 144 valence electrons. The molecule has 2 aliphatic carbocycles. The van der Waals surface area contributed by atoms with Crippen LogP contribution < -0.4 is 10.5 Å². The summed E-state index contributed by atoms with van der Waals surface area (Å²) in [6.45, 7) is 1.45. The van der Waals surface area contributed by atoms with E-state index in [0.717, 1.165) is 87.1 Å². The quantitative estimate of drug-likeness (QED) is 0.824. The summed E-state index contributed by atoms with van der Waals surface area (Å²) >= 11 is 0. The molecule has 3 aliphatic rings. The molecule has 3 heterocycles. The standard InChI is InChI=1S/C22H25N5O/c23-13-17-11-15-6-3-9-19(15)24-22(17)26-10-4-7-18(26)14-27-21(28)12-16-5-1-2-8-20(16)25-27/h11-12,18H,1-10,14H2. The van der Waals surface area contributed by atoms with E-state index in [4.69, 9.17) is 10.1 Å². The Kier molecular flexibility index (Phi) is 4.38. The number of nitriles is 1. The fourth-order valence-electron chi connectivity index (χ4n) is 5.00. The van der Waals surface area contributed by atoms with E-state index in [2.05, 4.69) is 11.0 Å². The van der Waals surface area contributed by atoms with Crippen molar-refractivity contribution in [2.24, 2.45) is 0 Å². The molecule has 0 aromatic carbocycles. The molecule has 0 radical (unpaired) electrons. The van der Waals surface area contributed by atoms with Crippen molar-refractivity contribution < 1.29 is 0 Å². The molecule has 0 amide bonds. The van der Waals surface area contributed by atoms with Gasteiger partial charge in [-0.25, -0.2) is 9.67 Å². The van der Waals surface area contributed by atoms with Crippen LogP contribution >= 0.6 is 0 Å². The molecule has 0 N–H and O–H groups in total. The molecule has 5 rings (SSSR count). The van der Waals surface area contributed by atoms with Crippen molar-refractivity contribution in [3.8, 4) is 6.07 Å². The number of rotatable bonds is 3. The molecular weight excluding hydrogens is 350 g/mol. The lowest BCUT2D eigenvalue weighted by Gasteiger charge is -2.27. The van der Waals surface area contributed by atoms with Gasteiger partial charge < -0.3 is 4.90 Å². The Balaban J connectivity index is 1.46. The highest BCUT2D eigenvalue weighted by molar-refractivity contribution is 5.58. The number of nitrogens with zero attached hydrogens (tertiary/aromatic N) is 5. The fraction of sp³-hybridized carbons (Fsp3) is 0.545. The van der Waals surface area contributed by atoms with Crippen molar-refractivity contribution in [1.82, 2.24) is 14.8 Å². The monoisotopic (exact) mass is 375 g/mol. The SMILES string of the molecule is N#Cc1cc2c(nc1N1CCCC1Cn1nc3c(cc1=O)CCCC3)CCC2. The molecule has 1 atom stereocenters. The second-order valence-corrected chi connectivity index (χ2v) is 8.26. The fourth-order valence-corrected chi connectivity index (χ4v) is 5.00. The summed E-state index contributed by atoms with van der Waals surface area (Å²) in [5, 5.41) is 14.4. The minimum atomic E-state index is -0.00470. The summed E-state index contributed by atoms with van der Waals surface area (Å²) in [6.07, 6.45) is 9.42. The van der Waals surface area contributed by atoms with Crippen LogP contribution in [0.4, 0.5) is 5.82 Å². The predicted molar refractivity (Wildman–Crippen MR) is 106 cm³/mol. The number of hydrogen-bond donors (Lipinski definition) is 0. The van der Waals surface area contributed by atoms with Gasteiger partial charge in [0.25, 0.3) is 5.56 Å². The van der Waals surface area contributed by atoms with Gasteiger partial charge >= 0.3 is 0 Å². The number of aryl methyl sites for hydroxylation is 4. The van der Waals surface area contributed by atoms with E-state index in [1.165, 1.54) is 5.56 Å². The van der Waals surface area contributed by atoms with Crippen molar-refractivity contribution in [1.29, 1.82) is 5.26 Å². The number of anilines is 1. The number of fused-ring (bicyclic) bond motifs is 2. The largest absolute Gasteiger partial charge is 0.351 e. The molecule has 1 aliphatic heterocycles. The first kappa shape index (κ1) is 17.4. The van der Waals surface area contributed by atoms with E-state index < -0.39 is 0 Å². The lowest BCUT2D eigenvalue weighted by molar-refractivity contribution is 0.472. The second kappa shape index (κ2) is 7.05. The predicted octanol–water partition coefficient (Wildman–Crippen LogP) is 2.55. The van der Waals surface area contributed by atoms with Crippen LogP contribution in [0.1, 0.15) is 60.2 Å². The average molecular weight is 375 g/mol. The maximum Gasteiger partial charge on any atom is 0.267 e. The zero-order valence-corrected chi connectivity index (χ0v) is 16.2. The van der Waals surface area contributed by atoms with Crippen molar-refractivity contribution in [2.75, 3.05) is 11.4 Å². The molecule has 28 heavy (non-hydrogen) atoms.